The number of hydrogen-bond acceptors (Lipinski definition) is 4. The van der Waals surface area contributed by atoms with Crippen LogP contribution in [0.25, 0.3) is 0 Å². The van der Waals surface area contributed by atoms with Crippen LogP contribution < -0.4 is 5.32 Å². The van der Waals surface area contributed by atoms with Crippen molar-refractivity contribution in [2.24, 2.45) is 0 Å². The van der Waals surface area contributed by atoms with E-state index in [1.54, 1.807) is 4.90 Å². The van der Waals surface area contributed by atoms with Crippen LogP contribution in [0.1, 0.15) is 19.8 Å². The second-order valence-electron chi connectivity index (χ2n) is 5.26. The molecule has 0 aromatic heterocycles. The molecule has 2 aliphatic rings. The molecular formula is C12H21N3O4. The lowest BCUT2D eigenvalue weighted by molar-refractivity contribution is -0.141. The minimum atomic E-state index is -1.26. The van der Waals surface area contributed by atoms with Crippen LogP contribution in [0.5, 0.6) is 0 Å². The van der Waals surface area contributed by atoms with E-state index in [1.165, 1.54) is 19.8 Å². The molecule has 0 aromatic carbocycles. The number of hydrogen-bond donors (Lipinski definition) is 3. The molecule has 108 valence electrons. The molecular weight excluding hydrogens is 250 g/mol. The van der Waals surface area contributed by atoms with Gasteiger partial charge in [-0.05, 0) is 19.8 Å². The van der Waals surface area contributed by atoms with Gasteiger partial charge in [0, 0.05) is 32.2 Å². The largest absolute Gasteiger partial charge is 0.480 e. The van der Waals surface area contributed by atoms with Crippen LogP contribution >= 0.6 is 0 Å². The number of carboxylic acid groups (broad SMARTS) is 1. The number of nitrogens with one attached hydrogen (secondary N) is 1. The normalized spacial score (nSPS) is 23.8. The first-order valence-corrected chi connectivity index (χ1v) is 6.69. The van der Waals surface area contributed by atoms with E-state index in [1.807, 2.05) is 0 Å². The number of carbonyl (C=O) groups excluding carboxylic acids is 1. The Kier molecular flexibility index (Phi) is 4.26. The maximum atomic E-state index is 11.9. The first-order valence-electron chi connectivity index (χ1n) is 6.69. The molecule has 1 aliphatic heterocycles. The second kappa shape index (κ2) is 5.75. The standard InChI is InChI=1S/C12H21N3O4/c1-8(16)10(11(17)18)13-12(19)15-6-4-14(5-7-15)9-2-3-9/h8-10,16H,2-7H2,1H3,(H,13,19)(H,17,18)/t8-,10+/m1/s1. The highest BCUT2D eigenvalue weighted by Gasteiger charge is 2.33. The van der Waals surface area contributed by atoms with E-state index >= 15 is 0 Å². The minimum Gasteiger partial charge on any atom is -0.480 e. The van der Waals surface area contributed by atoms with Gasteiger partial charge < -0.3 is 20.4 Å². The fourth-order valence-corrected chi connectivity index (χ4v) is 2.34. The van der Waals surface area contributed by atoms with Crippen LogP contribution in [0, 0.1) is 0 Å². The third-order valence-corrected chi connectivity index (χ3v) is 3.69. The summed E-state index contributed by atoms with van der Waals surface area (Å²) in [5.74, 6) is -1.22. The van der Waals surface area contributed by atoms with Gasteiger partial charge in [-0.1, -0.05) is 0 Å². The molecule has 0 unspecified atom stereocenters. The number of carbonyl (C=O) groups is 2. The summed E-state index contributed by atoms with van der Waals surface area (Å²) in [6.45, 7) is 4.24. The summed E-state index contributed by atoms with van der Waals surface area (Å²) in [5.41, 5.74) is 0. The Hall–Kier alpha value is -1.34. The van der Waals surface area contributed by atoms with Crippen molar-refractivity contribution in [1.82, 2.24) is 15.1 Å². The predicted octanol–water partition coefficient (Wildman–Crippen LogP) is -0.690. The molecule has 1 saturated heterocycles. The highest BCUT2D eigenvalue weighted by atomic mass is 16.4. The van der Waals surface area contributed by atoms with Crippen LogP contribution in [0.3, 0.4) is 0 Å². The van der Waals surface area contributed by atoms with Gasteiger partial charge in [-0.3, -0.25) is 4.90 Å². The Labute approximate surface area is 112 Å². The van der Waals surface area contributed by atoms with Crippen molar-refractivity contribution in [3.63, 3.8) is 0 Å². The molecule has 2 amide bonds. The number of rotatable bonds is 4. The van der Waals surface area contributed by atoms with E-state index in [9.17, 15) is 14.7 Å². The molecule has 1 saturated carbocycles. The maximum absolute atomic E-state index is 11.9. The summed E-state index contributed by atoms with van der Waals surface area (Å²) in [7, 11) is 0. The Morgan fingerprint density at radius 2 is 1.79 bits per heavy atom. The van der Waals surface area contributed by atoms with Gasteiger partial charge in [-0.15, -0.1) is 0 Å². The zero-order valence-corrected chi connectivity index (χ0v) is 11.1. The molecule has 7 nitrogen and oxygen atoms in total. The van der Waals surface area contributed by atoms with Crippen molar-refractivity contribution in [2.45, 2.75) is 38.0 Å². The van der Waals surface area contributed by atoms with Crippen LogP contribution in [-0.2, 0) is 4.79 Å². The van der Waals surface area contributed by atoms with E-state index in [0.29, 0.717) is 19.1 Å². The molecule has 0 spiro atoms. The van der Waals surface area contributed by atoms with E-state index in [0.717, 1.165) is 13.1 Å². The highest BCUT2D eigenvalue weighted by Crippen LogP contribution is 2.27. The zero-order valence-electron chi connectivity index (χ0n) is 11.1. The number of nitrogens with zero attached hydrogens (tertiary/aromatic N) is 2. The fourth-order valence-electron chi connectivity index (χ4n) is 2.34. The summed E-state index contributed by atoms with van der Waals surface area (Å²) in [5, 5.41) is 20.6. The van der Waals surface area contributed by atoms with E-state index in [2.05, 4.69) is 10.2 Å². The predicted molar refractivity (Wildman–Crippen MR) is 67.8 cm³/mol. The van der Waals surface area contributed by atoms with Gasteiger partial charge in [-0.25, -0.2) is 9.59 Å². The Morgan fingerprint density at radius 3 is 2.21 bits per heavy atom. The van der Waals surface area contributed by atoms with Gasteiger partial charge in [0.25, 0.3) is 0 Å². The molecule has 19 heavy (non-hydrogen) atoms. The topological polar surface area (TPSA) is 93.1 Å². The van der Waals surface area contributed by atoms with Crippen molar-refractivity contribution in [3.05, 3.63) is 0 Å². The molecule has 1 aliphatic carbocycles. The summed E-state index contributed by atoms with van der Waals surface area (Å²) in [4.78, 5) is 26.8. The van der Waals surface area contributed by atoms with Crippen molar-refractivity contribution >= 4 is 12.0 Å². The smallest absolute Gasteiger partial charge is 0.328 e. The number of aliphatic hydroxyl groups excluding tert-OH is 1. The van der Waals surface area contributed by atoms with Gasteiger partial charge in [0.2, 0.25) is 0 Å². The quantitative estimate of drug-likeness (QED) is 0.629. The van der Waals surface area contributed by atoms with Crippen molar-refractivity contribution < 1.29 is 19.8 Å². The summed E-state index contributed by atoms with van der Waals surface area (Å²) >= 11 is 0. The molecule has 2 fully saturated rings. The molecule has 7 heteroatoms. The van der Waals surface area contributed by atoms with Crippen molar-refractivity contribution in [2.75, 3.05) is 26.2 Å². The number of aliphatic hydroxyl groups is 1. The van der Waals surface area contributed by atoms with Gasteiger partial charge >= 0.3 is 12.0 Å². The number of piperazine rings is 1. The summed E-state index contributed by atoms with van der Waals surface area (Å²) in [6.07, 6.45) is 1.37. The monoisotopic (exact) mass is 271 g/mol. The highest BCUT2D eigenvalue weighted by molar-refractivity contribution is 5.83. The lowest BCUT2D eigenvalue weighted by Crippen LogP contribution is -2.56. The Bertz CT molecular complexity index is 349. The lowest BCUT2D eigenvalue weighted by Gasteiger charge is -2.35. The maximum Gasteiger partial charge on any atom is 0.328 e. The van der Waals surface area contributed by atoms with E-state index in [4.69, 9.17) is 5.11 Å². The third kappa shape index (κ3) is 3.57. The lowest BCUT2D eigenvalue weighted by atomic mass is 10.2. The first-order chi connectivity index (χ1) is 8.99. The minimum absolute atomic E-state index is 0.413. The van der Waals surface area contributed by atoms with Gasteiger partial charge in [-0.2, -0.15) is 0 Å². The van der Waals surface area contributed by atoms with Gasteiger partial charge in [0.05, 0.1) is 6.10 Å². The SMILES string of the molecule is C[C@@H](O)[C@H](NC(=O)N1CCN(C2CC2)CC1)C(=O)O. The molecule has 1 heterocycles. The average Bonchev–Trinajstić information content (AvgIpc) is 3.19. The summed E-state index contributed by atoms with van der Waals surface area (Å²) in [6, 6.07) is -0.979. The molecule has 0 radical (unpaired) electrons. The molecule has 2 atom stereocenters. The first kappa shape index (κ1) is 14.1. The number of urea groups is 1. The second-order valence-corrected chi connectivity index (χ2v) is 5.26. The average molecular weight is 271 g/mol. The molecule has 0 bridgehead atoms. The number of amides is 2. The Balaban J connectivity index is 1.81. The van der Waals surface area contributed by atoms with Crippen LogP contribution in [0.4, 0.5) is 4.79 Å². The van der Waals surface area contributed by atoms with Crippen LogP contribution in [-0.4, -0.2) is 76.4 Å². The zero-order chi connectivity index (χ0) is 14.0. The van der Waals surface area contributed by atoms with Crippen molar-refractivity contribution in [3.8, 4) is 0 Å². The molecule has 3 N–H and O–H groups in total. The third-order valence-electron chi connectivity index (χ3n) is 3.69. The summed E-state index contributed by atoms with van der Waals surface area (Å²) < 4.78 is 0. The van der Waals surface area contributed by atoms with E-state index < -0.39 is 24.1 Å². The van der Waals surface area contributed by atoms with Crippen LogP contribution in [0.2, 0.25) is 0 Å². The fraction of sp³-hybridized carbons (Fsp3) is 0.833. The van der Waals surface area contributed by atoms with Gasteiger partial charge in [0.1, 0.15) is 0 Å². The Morgan fingerprint density at radius 1 is 1.21 bits per heavy atom. The molecule has 0 aromatic rings. The van der Waals surface area contributed by atoms with Crippen LogP contribution in [0.15, 0.2) is 0 Å². The van der Waals surface area contributed by atoms with Gasteiger partial charge in [0.15, 0.2) is 6.04 Å². The number of carboxylic acids is 1. The molecule has 2 rings (SSSR count). The van der Waals surface area contributed by atoms with Crippen molar-refractivity contribution in [1.29, 1.82) is 0 Å². The number of aliphatic carboxylic acids is 1. The van der Waals surface area contributed by atoms with E-state index in [-0.39, 0.29) is 0 Å².